The van der Waals surface area contributed by atoms with Crippen LogP contribution in [0.25, 0.3) is 0 Å². The Hall–Kier alpha value is -0.490. The second-order valence-electron chi connectivity index (χ2n) is 2.31. The number of rotatable bonds is 2. The molecule has 1 aromatic rings. The first kappa shape index (κ1) is 11.6. The van der Waals surface area contributed by atoms with Crippen molar-refractivity contribution in [3.8, 4) is 5.75 Å². The van der Waals surface area contributed by atoms with Gasteiger partial charge in [-0.1, -0.05) is 0 Å². The van der Waals surface area contributed by atoms with Crippen LogP contribution in [0.3, 0.4) is 0 Å². The second kappa shape index (κ2) is 4.35. The number of hydrogen-bond donors (Lipinski definition) is 0. The van der Waals surface area contributed by atoms with Crippen LogP contribution in [0.2, 0.25) is 0 Å². The predicted octanol–water partition coefficient (Wildman–Crippen LogP) is 3.48. The highest BCUT2D eigenvalue weighted by molar-refractivity contribution is 9.10. The van der Waals surface area contributed by atoms with E-state index in [4.69, 9.17) is 11.6 Å². The Morgan fingerprint density at radius 3 is 2.64 bits per heavy atom. The van der Waals surface area contributed by atoms with Crippen molar-refractivity contribution in [1.82, 2.24) is 4.98 Å². The molecule has 0 aromatic carbocycles. The van der Waals surface area contributed by atoms with Crippen molar-refractivity contribution in [2.75, 3.05) is 0 Å². The molecule has 0 saturated carbocycles. The molecule has 0 atom stereocenters. The lowest BCUT2D eigenvalue weighted by Crippen LogP contribution is -2.17. The first-order valence-corrected chi connectivity index (χ1v) is 4.71. The van der Waals surface area contributed by atoms with Crippen LogP contribution in [0.1, 0.15) is 5.56 Å². The van der Waals surface area contributed by atoms with E-state index in [0.29, 0.717) is 5.56 Å². The lowest BCUT2D eigenvalue weighted by atomic mass is 10.3. The van der Waals surface area contributed by atoms with E-state index in [9.17, 15) is 13.2 Å². The maximum atomic E-state index is 11.9. The van der Waals surface area contributed by atoms with Gasteiger partial charge in [-0.3, -0.25) is 0 Å². The fourth-order valence-corrected chi connectivity index (χ4v) is 1.18. The maximum Gasteiger partial charge on any atom is 0.573 e. The standard InChI is InChI=1S/C7H4BrClF3NO/c8-6-5(14-7(10,11)12)1-4(2-9)3-13-6/h1,3H,2H2. The molecule has 0 fully saturated rings. The third-order valence-electron chi connectivity index (χ3n) is 1.24. The molecule has 78 valence electrons. The zero-order chi connectivity index (χ0) is 10.8. The predicted molar refractivity (Wildman–Crippen MR) is 48.2 cm³/mol. The number of nitrogens with zero attached hydrogens (tertiary/aromatic N) is 1. The van der Waals surface area contributed by atoms with Gasteiger partial charge in [-0.25, -0.2) is 4.98 Å². The lowest BCUT2D eigenvalue weighted by molar-refractivity contribution is -0.275. The van der Waals surface area contributed by atoms with Gasteiger partial charge in [0.25, 0.3) is 0 Å². The largest absolute Gasteiger partial charge is 0.573 e. The molecule has 0 aliphatic carbocycles. The van der Waals surface area contributed by atoms with Crippen molar-refractivity contribution in [3.63, 3.8) is 0 Å². The zero-order valence-corrected chi connectivity index (χ0v) is 8.95. The van der Waals surface area contributed by atoms with Crippen molar-refractivity contribution in [3.05, 3.63) is 22.4 Å². The van der Waals surface area contributed by atoms with Gasteiger partial charge < -0.3 is 4.74 Å². The van der Waals surface area contributed by atoms with Crippen LogP contribution < -0.4 is 4.74 Å². The number of aromatic nitrogens is 1. The number of hydrogen-bond acceptors (Lipinski definition) is 2. The van der Waals surface area contributed by atoms with E-state index in [-0.39, 0.29) is 10.5 Å². The molecule has 1 aromatic heterocycles. The van der Waals surface area contributed by atoms with Gasteiger partial charge >= 0.3 is 6.36 Å². The summed E-state index contributed by atoms with van der Waals surface area (Å²) in [7, 11) is 0. The highest BCUT2D eigenvalue weighted by Gasteiger charge is 2.32. The summed E-state index contributed by atoms with van der Waals surface area (Å²) in [5.41, 5.74) is 0.453. The van der Waals surface area contributed by atoms with E-state index < -0.39 is 12.1 Å². The van der Waals surface area contributed by atoms with Gasteiger partial charge in [0.1, 0.15) is 4.60 Å². The molecule has 0 bridgehead atoms. The van der Waals surface area contributed by atoms with Gasteiger partial charge in [-0.2, -0.15) is 0 Å². The second-order valence-corrected chi connectivity index (χ2v) is 3.33. The Morgan fingerprint density at radius 2 is 2.14 bits per heavy atom. The van der Waals surface area contributed by atoms with Crippen molar-refractivity contribution in [2.45, 2.75) is 12.2 Å². The Bertz CT molecular complexity index is 331. The molecule has 0 spiro atoms. The van der Waals surface area contributed by atoms with Crippen LogP contribution in [-0.2, 0) is 5.88 Å². The molecule has 7 heteroatoms. The molecule has 0 amide bonds. The first-order valence-electron chi connectivity index (χ1n) is 3.38. The highest BCUT2D eigenvalue weighted by atomic mass is 79.9. The molecule has 0 radical (unpaired) electrons. The van der Waals surface area contributed by atoms with Crippen molar-refractivity contribution in [1.29, 1.82) is 0 Å². The molecule has 2 nitrogen and oxygen atoms in total. The average molecular weight is 290 g/mol. The highest BCUT2D eigenvalue weighted by Crippen LogP contribution is 2.29. The fraction of sp³-hybridized carbons (Fsp3) is 0.286. The maximum absolute atomic E-state index is 11.9. The normalized spacial score (nSPS) is 11.5. The summed E-state index contributed by atoms with van der Waals surface area (Å²) >= 11 is 8.26. The Balaban J connectivity index is 2.95. The van der Waals surface area contributed by atoms with Gasteiger partial charge in [0, 0.05) is 12.1 Å². The topological polar surface area (TPSA) is 22.1 Å². The van der Waals surface area contributed by atoms with Gasteiger partial charge in [0.05, 0.1) is 0 Å². The molecular formula is C7H4BrClF3NO. The number of pyridine rings is 1. The van der Waals surface area contributed by atoms with E-state index in [2.05, 4.69) is 25.7 Å². The quantitative estimate of drug-likeness (QED) is 0.614. The molecular weight excluding hydrogens is 286 g/mol. The van der Waals surface area contributed by atoms with E-state index in [1.807, 2.05) is 0 Å². The monoisotopic (exact) mass is 289 g/mol. The minimum Gasteiger partial charge on any atom is -0.403 e. The van der Waals surface area contributed by atoms with Crippen LogP contribution in [0, 0.1) is 0 Å². The summed E-state index contributed by atoms with van der Waals surface area (Å²) in [5, 5.41) is 0. The van der Waals surface area contributed by atoms with Crippen molar-refractivity contribution in [2.24, 2.45) is 0 Å². The fourth-order valence-electron chi connectivity index (χ4n) is 0.738. The van der Waals surface area contributed by atoms with E-state index in [1.165, 1.54) is 12.3 Å². The summed E-state index contributed by atoms with van der Waals surface area (Å²) < 4.78 is 39.3. The molecule has 14 heavy (non-hydrogen) atoms. The minimum absolute atomic E-state index is 0.0105. The minimum atomic E-state index is -4.73. The van der Waals surface area contributed by atoms with Gasteiger partial charge in [0.15, 0.2) is 5.75 Å². The SMILES string of the molecule is FC(F)(F)Oc1cc(CCl)cnc1Br. The Labute approximate surface area is 91.2 Å². The summed E-state index contributed by atoms with van der Waals surface area (Å²) in [6.07, 6.45) is -3.37. The molecule has 0 aliphatic heterocycles. The van der Waals surface area contributed by atoms with Gasteiger partial charge in [0.2, 0.25) is 0 Å². The van der Waals surface area contributed by atoms with E-state index in [1.54, 1.807) is 0 Å². The smallest absolute Gasteiger partial charge is 0.403 e. The van der Waals surface area contributed by atoms with Crippen LogP contribution in [0.4, 0.5) is 13.2 Å². The van der Waals surface area contributed by atoms with Crippen LogP contribution in [0.5, 0.6) is 5.75 Å². The van der Waals surface area contributed by atoms with Crippen molar-refractivity contribution >= 4 is 27.5 Å². The first-order chi connectivity index (χ1) is 6.42. The summed E-state index contributed by atoms with van der Waals surface area (Å²) in [5.74, 6) is -0.315. The van der Waals surface area contributed by atoms with Crippen LogP contribution in [-0.4, -0.2) is 11.3 Å². The summed E-state index contributed by atoms with van der Waals surface area (Å²) in [6, 6.07) is 1.18. The van der Waals surface area contributed by atoms with Crippen LogP contribution >= 0.6 is 27.5 Å². The third-order valence-corrected chi connectivity index (χ3v) is 2.15. The molecule has 0 unspecified atom stereocenters. The van der Waals surface area contributed by atoms with E-state index >= 15 is 0 Å². The van der Waals surface area contributed by atoms with Gasteiger partial charge in [-0.15, -0.1) is 24.8 Å². The Kier molecular flexibility index (Phi) is 3.60. The lowest BCUT2D eigenvalue weighted by Gasteiger charge is -2.10. The number of alkyl halides is 4. The Morgan fingerprint density at radius 1 is 1.50 bits per heavy atom. The molecule has 0 aliphatic rings. The molecule has 0 saturated heterocycles. The number of halogens is 5. The zero-order valence-electron chi connectivity index (χ0n) is 6.61. The van der Waals surface area contributed by atoms with E-state index in [0.717, 1.165) is 0 Å². The molecule has 1 rings (SSSR count). The molecule has 0 N–H and O–H groups in total. The molecule has 1 heterocycles. The average Bonchev–Trinajstić information content (AvgIpc) is 2.06. The van der Waals surface area contributed by atoms with Gasteiger partial charge in [-0.05, 0) is 27.6 Å². The number of ether oxygens (including phenoxy) is 1. The summed E-state index contributed by atoms with van der Waals surface area (Å²) in [6.45, 7) is 0. The summed E-state index contributed by atoms with van der Waals surface area (Å²) in [4.78, 5) is 3.64. The van der Waals surface area contributed by atoms with Crippen molar-refractivity contribution < 1.29 is 17.9 Å². The van der Waals surface area contributed by atoms with Crippen LogP contribution in [0.15, 0.2) is 16.9 Å². The third kappa shape index (κ3) is 3.34.